The van der Waals surface area contributed by atoms with Crippen molar-refractivity contribution < 1.29 is 0 Å². The molecule has 2 aromatic rings. The highest BCUT2D eigenvalue weighted by Gasteiger charge is 2.21. The Balaban J connectivity index is 0.00000132. The molecule has 0 bridgehead atoms. The van der Waals surface area contributed by atoms with Crippen LogP contribution in [0.2, 0.25) is 0 Å². The van der Waals surface area contributed by atoms with Crippen LogP contribution in [0.1, 0.15) is 22.4 Å². The highest BCUT2D eigenvalue weighted by molar-refractivity contribution is 5.85. The molecule has 2 heterocycles. The van der Waals surface area contributed by atoms with Gasteiger partial charge in [0, 0.05) is 37.3 Å². The molecule has 4 rings (SSSR count). The van der Waals surface area contributed by atoms with Crippen molar-refractivity contribution in [1.82, 2.24) is 15.3 Å². The molecule has 4 nitrogen and oxygen atoms in total. The molecule has 0 atom stereocenters. The zero-order valence-electron chi connectivity index (χ0n) is 11.8. The fourth-order valence-electron chi connectivity index (χ4n) is 3.15. The van der Waals surface area contributed by atoms with Crippen molar-refractivity contribution in [1.29, 1.82) is 0 Å². The van der Waals surface area contributed by atoms with E-state index in [4.69, 9.17) is 0 Å². The average Bonchev–Trinajstić information content (AvgIpc) is 2.89. The van der Waals surface area contributed by atoms with Crippen LogP contribution in [0.4, 0.5) is 5.95 Å². The first-order valence-corrected chi connectivity index (χ1v) is 7.27. The van der Waals surface area contributed by atoms with Crippen molar-refractivity contribution in [3.05, 3.63) is 52.8 Å². The summed E-state index contributed by atoms with van der Waals surface area (Å²) in [5.41, 5.74) is 5.33. The minimum absolute atomic E-state index is 0. The number of nitrogens with zero attached hydrogens (tertiary/aromatic N) is 2. The van der Waals surface area contributed by atoms with E-state index in [1.165, 1.54) is 22.4 Å². The molecule has 0 amide bonds. The molecule has 0 spiro atoms. The van der Waals surface area contributed by atoms with E-state index in [0.29, 0.717) is 6.04 Å². The number of fused-ring (bicyclic) bond motifs is 2. The molecule has 5 heteroatoms. The molecular weight excluding hydrogens is 284 g/mol. The number of hydrogen-bond donors (Lipinski definition) is 2. The Labute approximate surface area is 130 Å². The third-order valence-electron chi connectivity index (χ3n) is 4.19. The number of aromatic nitrogens is 2. The van der Waals surface area contributed by atoms with Crippen LogP contribution >= 0.6 is 12.4 Å². The molecular formula is C16H19ClN4. The van der Waals surface area contributed by atoms with Crippen LogP contribution < -0.4 is 10.6 Å². The van der Waals surface area contributed by atoms with Crippen LogP contribution in [0.5, 0.6) is 0 Å². The van der Waals surface area contributed by atoms with Crippen LogP contribution in [0.15, 0.2) is 30.5 Å². The first kappa shape index (κ1) is 14.3. The van der Waals surface area contributed by atoms with Crippen molar-refractivity contribution in [2.24, 2.45) is 0 Å². The molecule has 110 valence electrons. The van der Waals surface area contributed by atoms with Gasteiger partial charge in [0.2, 0.25) is 5.95 Å². The lowest BCUT2D eigenvalue weighted by Gasteiger charge is -2.18. The van der Waals surface area contributed by atoms with E-state index < -0.39 is 0 Å². The Morgan fingerprint density at radius 3 is 2.62 bits per heavy atom. The second-order valence-corrected chi connectivity index (χ2v) is 5.61. The molecule has 0 saturated heterocycles. The van der Waals surface area contributed by atoms with Crippen molar-refractivity contribution in [2.45, 2.75) is 31.8 Å². The summed E-state index contributed by atoms with van der Waals surface area (Å²) in [6, 6.07) is 9.09. The van der Waals surface area contributed by atoms with Crippen LogP contribution in [0.3, 0.4) is 0 Å². The van der Waals surface area contributed by atoms with Gasteiger partial charge >= 0.3 is 0 Å². The van der Waals surface area contributed by atoms with Gasteiger partial charge in [0.15, 0.2) is 0 Å². The SMILES string of the molecule is Cl.c1ccc2c(c1)CC(Nc1ncc3c(n1)CCNC3)C2. The zero-order valence-corrected chi connectivity index (χ0v) is 12.6. The highest BCUT2D eigenvalue weighted by atomic mass is 35.5. The summed E-state index contributed by atoms with van der Waals surface area (Å²) in [5.74, 6) is 0.781. The number of halogens is 1. The summed E-state index contributed by atoms with van der Waals surface area (Å²) in [6.45, 7) is 1.91. The third kappa shape index (κ3) is 2.87. The van der Waals surface area contributed by atoms with Gasteiger partial charge in [-0.2, -0.15) is 0 Å². The molecule has 1 aromatic heterocycles. The molecule has 2 N–H and O–H groups in total. The molecule has 0 unspecified atom stereocenters. The van der Waals surface area contributed by atoms with Crippen molar-refractivity contribution in [3.8, 4) is 0 Å². The van der Waals surface area contributed by atoms with Crippen LogP contribution in [-0.4, -0.2) is 22.6 Å². The second-order valence-electron chi connectivity index (χ2n) is 5.61. The standard InChI is InChI=1S/C16H18N4.ClH/c1-2-4-12-8-14(7-11(12)3-1)19-16-18-10-13-9-17-6-5-15(13)20-16;/h1-4,10,14,17H,5-9H2,(H,18,19,20);1H. The lowest BCUT2D eigenvalue weighted by molar-refractivity contribution is 0.625. The summed E-state index contributed by atoms with van der Waals surface area (Å²) >= 11 is 0. The molecule has 2 aliphatic rings. The van der Waals surface area contributed by atoms with Gasteiger partial charge in [0.1, 0.15) is 0 Å². The monoisotopic (exact) mass is 302 g/mol. The molecule has 0 fully saturated rings. The van der Waals surface area contributed by atoms with Gasteiger partial charge in [0.05, 0.1) is 5.69 Å². The lowest BCUT2D eigenvalue weighted by Crippen LogP contribution is -2.26. The van der Waals surface area contributed by atoms with Gasteiger partial charge < -0.3 is 10.6 Å². The van der Waals surface area contributed by atoms with Crippen molar-refractivity contribution in [2.75, 3.05) is 11.9 Å². The summed E-state index contributed by atoms with van der Waals surface area (Å²) in [4.78, 5) is 9.13. The van der Waals surface area contributed by atoms with E-state index in [1.54, 1.807) is 0 Å². The first-order chi connectivity index (χ1) is 9.88. The fraction of sp³-hybridized carbons (Fsp3) is 0.375. The fourth-order valence-corrected chi connectivity index (χ4v) is 3.15. The highest BCUT2D eigenvalue weighted by Crippen LogP contribution is 2.23. The van der Waals surface area contributed by atoms with E-state index in [9.17, 15) is 0 Å². The Hall–Kier alpha value is -1.65. The molecule has 1 aliphatic heterocycles. The Morgan fingerprint density at radius 1 is 1.10 bits per heavy atom. The lowest BCUT2D eigenvalue weighted by atomic mass is 10.1. The van der Waals surface area contributed by atoms with E-state index in [0.717, 1.165) is 38.3 Å². The van der Waals surface area contributed by atoms with E-state index in [1.807, 2.05) is 6.20 Å². The second kappa shape index (κ2) is 6.00. The smallest absolute Gasteiger partial charge is 0.223 e. The maximum absolute atomic E-state index is 4.68. The van der Waals surface area contributed by atoms with Gasteiger partial charge in [-0.15, -0.1) is 12.4 Å². The summed E-state index contributed by atoms with van der Waals surface area (Å²) in [6.07, 6.45) is 5.09. The van der Waals surface area contributed by atoms with Crippen LogP contribution in [0.25, 0.3) is 0 Å². The average molecular weight is 303 g/mol. The summed E-state index contributed by atoms with van der Waals surface area (Å²) < 4.78 is 0. The number of hydrogen-bond acceptors (Lipinski definition) is 4. The number of benzene rings is 1. The molecule has 0 saturated carbocycles. The third-order valence-corrected chi connectivity index (χ3v) is 4.19. The molecule has 1 aromatic carbocycles. The van der Waals surface area contributed by atoms with Gasteiger partial charge in [-0.3, -0.25) is 0 Å². The summed E-state index contributed by atoms with van der Waals surface area (Å²) in [5, 5.41) is 6.84. The van der Waals surface area contributed by atoms with E-state index in [2.05, 4.69) is 44.9 Å². The van der Waals surface area contributed by atoms with E-state index >= 15 is 0 Å². The Kier molecular flexibility index (Phi) is 4.08. The van der Waals surface area contributed by atoms with E-state index in [-0.39, 0.29) is 12.4 Å². The van der Waals surface area contributed by atoms with Crippen molar-refractivity contribution >= 4 is 18.4 Å². The number of anilines is 1. The largest absolute Gasteiger partial charge is 0.351 e. The van der Waals surface area contributed by atoms with Gasteiger partial charge in [0.25, 0.3) is 0 Å². The van der Waals surface area contributed by atoms with Gasteiger partial charge in [-0.1, -0.05) is 24.3 Å². The Morgan fingerprint density at radius 2 is 1.86 bits per heavy atom. The molecule has 1 aliphatic carbocycles. The number of nitrogens with one attached hydrogen (secondary N) is 2. The summed E-state index contributed by atoms with van der Waals surface area (Å²) in [7, 11) is 0. The van der Waals surface area contributed by atoms with Crippen LogP contribution in [-0.2, 0) is 25.8 Å². The Bertz CT molecular complexity index is 619. The predicted molar refractivity (Wildman–Crippen MR) is 86.0 cm³/mol. The first-order valence-electron chi connectivity index (χ1n) is 7.27. The molecule has 0 radical (unpaired) electrons. The maximum atomic E-state index is 4.68. The van der Waals surface area contributed by atoms with Gasteiger partial charge in [-0.05, 0) is 24.0 Å². The van der Waals surface area contributed by atoms with Gasteiger partial charge in [-0.25, -0.2) is 9.97 Å². The molecule has 21 heavy (non-hydrogen) atoms. The number of rotatable bonds is 2. The minimum atomic E-state index is 0. The zero-order chi connectivity index (χ0) is 13.4. The maximum Gasteiger partial charge on any atom is 0.223 e. The quantitative estimate of drug-likeness (QED) is 0.892. The normalized spacial score (nSPS) is 16.8. The van der Waals surface area contributed by atoms with Crippen LogP contribution in [0, 0.1) is 0 Å². The minimum Gasteiger partial charge on any atom is -0.351 e. The van der Waals surface area contributed by atoms with Crippen molar-refractivity contribution in [3.63, 3.8) is 0 Å². The topological polar surface area (TPSA) is 49.8 Å². The predicted octanol–water partition coefficient (Wildman–Crippen LogP) is 2.12.